The van der Waals surface area contributed by atoms with E-state index in [9.17, 15) is 18.0 Å². The molecule has 4 aromatic rings. The molecule has 0 N–H and O–H groups in total. The Balaban J connectivity index is 1.55. The fraction of sp³-hybridized carbons (Fsp3) is 0.310. The van der Waals surface area contributed by atoms with E-state index in [2.05, 4.69) is 9.89 Å². The van der Waals surface area contributed by atoms with E-state index in [1.807, 2.05) is 19.1 Å². The first-order valence-corrected chi connectivity index (χ1v) is 14.2. The molecule has 194 valence electrons. The van der Waals surface area contributed by atoms with Crippen LogP contribution in [0, 0.1) is 12.3 Å². The van der Waals surface area contributed by atoms with E-state index in [1.165, 1.54) is 23.6 Å². The van der Waals surface area contributed by atoms with Crippen LogP contribution in [0.5, 0.6) is 0 Å². The van der Waals surface area contributed by atoms with Gasteiger partial charge in [-0.25, -0.2) is 17.2 Å². The maximum Gasteiger partial charge on any atom is 0.275 e. The lowest BCUT2D eigenvalue weighted by molar-refractivity contribution is 0.384. The number of nitrogens with zero attached hydrogens (tertiary/aromatic N) is 4. The molecule has 38 heavy (non-hydrogen) atoms. The SMILES string of the molecule is Cc1ccc(S(=O)(=O)n2ccc3c(-c4cc(N=C=O)ccc4N4CCC5(CC4)CC5)cn(C)c(=O)c32)cc1. The lowest BCUT2D eigenvalue weighted by Crippen LogP contribution is -2.34. The summed E-state index contributed by atoms with van der Waals surface area (Å²) in [6.07, 6.45) is 9.64. The molecule has 2 aromatic carbocycles. The highest BCUT2D eigenvalue weighted by molar-refractivity contribution is 7.90. The molecule has 1 saturated heterocycles. The van der Waals surface area contributed by atoms with Crippen LogP contribution in [0.25, 0.3) is 22.0 Å². The summed E-state index contributed by atoms with van der Waals surface area (Å²) in [5.74, 6) is 0. The molecule has 8 nitrogen and oxygen atoms in total. The van der Waals surface area contributed by atoms with Crippen LogP contribution in [-0.4, -0.2) is 36.1 Å². The molecule has 0 amide bonds. The Labute approximate surface area is 220 Å². The predicted molar refractivity (Wildman–Crippen MR) is 147 cm³/mol. The van der Waals surface area contributed by atoms with Crippen molar-refractivity contribution in [1.82, 2.24) is 8.54 Å². The van der Waals surface area contributed by atoms with Crippen molar-refractivity contribution in [2.24, 2.45) is 17.5 Å². The number of pyridine rings is 1. The van der Waals surface area contributed by atoms with E-state index in [4.69, 9.17) is 0 Å². The molecule has 2 aromatic heterocycles. The maximum absolute atomic E-state index is 13.6. The summed E-state index contributed by atoms with van der Waals surface area (Å²) in [5.41, 5.74) is 4.02. The number of rotatable bonds is 5. The van der Waals surface area contributed by atoms with Gasteiger partial charge in [-0.2, -0.15) is 4.99 Å². The molecular weight excluding hydrogens is 500 g/mol. The smallest absolute Gasteiger partial charge is 0.275 e. The third kappa shape index (κ3) is 3.99. The van der Waals surface area contributed by atoms with Crippen molar-refractivity contribution in [1.29, 1.82) is 0 Å². The van der Waals surface area contributed by atoms with Crippen molar-refractivity contribution in [2.45, 2.75) is 37.5 Å². The van der Waals surface area contributed by atoms with Gasteiger partial charge in [0.05, 0.1) is 10.6 Å². The Hall–Kier alpha value is -3.94. The average Bonchev–Trinajstić information content (AvgIpc) is 3.50. The van der Waals surface area contributed by atoms with E-state index in [1.54, 1.807) is 55.7 Å². The standard InChI is InChI=1S/C29H28N4O4S/c1-20-3-6-22(7-4-20)38(36,37)33-14-9-23-25(18-31(2)28(35)27(23)33)24-17-21(30-19-34)5-8-26(24)32-15-12-29(10-11-29)13-16-32/h3-9,14,17-18H,10-13,15-16H2,1-2H3. The van der Waals surface area contributed by atoms with Crippen LogP contribution in [0.2, 0.25) is 0 Å². The first-order chi connectivity index (χ1) is 18.2. The number of hydrogen-bond donors (Lipinski definition) is 0. The van der Waals surface area contributed by atoms with Gasteiger partial charge in [0.25, 0.3) is 15.6 Å². The van der Waals surface area contributed by atoms with Crippen molar-refractivity contribution in [3.8, 4) is 11.1 Å². The molecule has 1 aliphatic heterocycles. The topological polar surface area (TPSA) is 93.7 Å². The summed E-state index contributed by atoms with van der Waals surface area (Å²) in [6, 6.07) is 13.8. The van der Waals surface area contributed by atoms with Crippen LogP contribution in [0.4, 0.5) is 11.4 Å². The predicted octanol–water partition coefficient (Wildman–Crippen LogP) is 4.90. The van der Waals surface area contributed by atoms with Gasteiger partial charge in [0.15, 0.2) is 0 Å². The Morgan fingerprint density at radius 3 is 2.32 bits per heavy atom. The highest BCUT2D eigenvalue weighted by atomic mass is 32.2. The Morgan fingerprint density at radius 2 is 1.66 bits per heavy atom. The van der Waals surface area contributed by atoms with Gasteiger partial charge in [0.2, 0.25) is 6.08 Å². The zero-order valence-electron chi connectivity index (χ0n) is 21.3. The monoisotopic (exact) mass is 528 g/mol. The first-order valence-electron chi connectivity index (χ1n) is 12.7. The highest BCUT2D eigenvalue weighted by Crippen LogP contribution is 2.54. The Kier molecular flexibility index (Phi) is 5.67. The zero-order valence-corrected chi connectivity index (χ0v) is 22.2. The minimum atomic E-state index is -4.01. The van der Waals surface area contributed by atoms with Crippen LogP contribution < -0.4 is 10.5 Å². The molecule has 2 fully saturated rings. The number of anilines is 1. The molecule has 0 radical (unpaired) electrons. The third-order valence-corrected chi connectivity index (χ3v) is 9.82. The number of aromatic nitrogens is 2. The number of aliphatic imine (C=N–C) groups is 1. The summed E-state index contributed by atoms with van der Waals surface area (Å²) in [4.78, 5) is 30.7. The van der Waals surface area contributed by atoms with E-state index < -0.39 is 15.6 Å². The van der Waals surface area contributed by atoms with Gasteiger partial charge in [-0.05, 0) is 74.4 Å². The van der Waals surface area contributed by atoms with Crippen molar-refractivity contribution >= 4 is 38.4 Å². The summed E-state index contributed by atoms with van der Waals surface area (Å²) in [6.45, 7) is 3.72. The van der Waals surface area contributed by atoms with Gasteiger partial charge in [-0.3, -0.25) is 4.79 Å². The number of piperidine rings is 1. The fourth-order valence-electron chi connectivity index (χ4n) is 5.61. The maximum atomic E-state index is 13.6. The molecule has 1 aliphatic carbocycles. The number of isocyanates is 1. The number of aryl methyl sites for hydroxylation is 2. The largest absolute Gasteiger partial charge is 0.371 e. The van der Waals surface area contributed by atoms with Gasteiger partial charge in [-0.1, -0.05) is 17.7 Å². The van der Waals surface area contributed by atoms with E-state index >= 15 is 0 Å². The van der Waals surface area contributed by atoms with Crippen molar-refractivity contribution in [3.05, 3.63) is 76.8 Å². The van der Waals surface area contributed by atoms with Crippen LogP contribution in [0.3, 0.4) is 0 Å². The molecule has 0 unspecified atom stereocenters. The molecular formula is C29H28N4O4S. The van der Waals surface area contributed by atoms with Crippen LogP contribution >= 0.6 is 0 Å². The van der Waals surface area contributed by atoms with Crippen molar-refractivity contribution in [3.63, 3.8) is 0 Å². The molecule has 2 aliphatic rings. The lowest BCUT2D eigenvalue weighted by atomic mass is 9.92. The normalized spacial score (nSPS) is 16.5. The van der Waals surface area contributed by atoms with Gasteiger partial charge in [0, 0.05) is 54.7 Å². The Bertz CT molecular complexity index is 1780. The molecule has 1 spiro atoms. The van der Waals surface area contributed by atoms with Gasteiger partial charge < -0.3 is 9.47 Å². The Morgan fingerprint density at radius 1 is 0.947 bits per heavy atom. The summed E-state index contributed by atoms with van der Waals surface area (Å²) < 4.78 is 29.7. The number of hydrogen-bond acceptors (Lipinski definition) is 6. The van der Waals surface area contributed by atoms with Gasteiger partial charge in [-0.15, -0.1) is 0 Å². The quantitative estimate of drug-likeness (QED) is 0.271. The van der Waals surface area contributed by atoms with E-state index in [-0.39, 0.29) is 10.4 Å². The van der Waals surface area contributed by atoms with Crippen molar-refractivity contribution in [2.75, 3.05) is 18.0 Å². The molecule has 6 rings (SSSR count). The minimum absolute atomic E-state index is 0.0800. The second-order valence-corrected chi connectivity index (χ2v) is 12.4. The van der Waals surface area contributed by atoms with E-state index in [0.717, 1.165) is 46.7 Å². The van der Waals surface area contributed by atoms with Gasteiger partial charge in [0.1, 0.15) is 5.52 Å². The van der Waals surface area contributed by atoms with E-state index in [0.29, 0.717) is 22.1 Å². The molecule has 9 heteroatoms. The molecule has 0 bridgehead atoms. The highest BCUT2D eigenvalue weighted by Gasteiger charge is 2.44. The number of carbonyl (C=O) groups excluding carboxylic acids is 1. The number of benzene rings is 2. The molecule has 1 saturated carbocycles. The average molecular weight is 529 g/mol. The summed E-state index contributed by atoms with van der Waals surface area (Å²) >= 11 is 0. The summed E-state index contributed by atoms with van der Waals surface area (Å²) in [5, 5.41) is 0.521. The zero-order chi connectivity index (χ0) is 26.7. The van der Waals surface area contributed by atoms with Crippen molar-refractivity contribution < 1.29 is 13.2 Å². The minimum Gasteiger partial charge on any atom is -0.371 e. The second-order valence-electron chi connectivity index (χ2n) is 10.5. The van der Waals surface area contributed by atoms with Crippen LogP contribution in [0.1, 0.15) is 31.2 Å². The lowest BCUT2D eigenvalue weighted by Gasteiger charge is -2.35. The molecule has 3 heterocycles. The number of fused-ring (bicyclic) bond motifs is 1. The first kappa shape index (κ1) is 24.4. The van der Waals surface area contributed by atoms with Crippen LogP contribution in [0.15, 0.2) is 75.6 Å². The van der Waals surface area contributed by atoms with Crippen LogP contribution in [-0.2, 0) is 21.9 Å². The molecule has 0 atom stereocenters. The third-order valence-electron chi connectivity index (χ3n) is 8.13. The fourth-order valence-corrected chi connectivity index (χ4v) is 6.95. The van der Waals surface area contributed by atoms with Gasteiger partial charge >= 0.3 is 0 Å². The second kappa shape index (κ2) is 8.82. The summed E-state index contributed by atoms with van der Waals surface area (Å²) in [7, 11) is -2.39.